The van der Waals surface area contributed by atoms with Crippen molar-refractivity contribution < 1.29 is 19.1 Å². The third-order valence-corrected chi connectivity index (χ3v) is 6.22. The predicted octanol–water partition coefficient (Wildman–Crippen LogP) is 2.56. The van der Waals surface area contributed by atoms with Crippen LogP contribution >= 0.6 is 0 Å². The van der Waals surface area contributed by atoms with Gasteiger partial charge in [-0.25, -0.2) is 0 Å². The van der Waals surface area contributed by atoms with Gasteiger partial charge in [-0.2, -0.15) is 4.80 Å². The molecule has 1 aliphatic carbocycles. The highest BCUT2D eigenvalue weighted by atomic mass is 16.3. The summed E-state index contributed by atoms with van der Waals surface area (Å²) < 4.78 is 5.53. The molecule has 1 saturated carbocycles. The van der Waals surface area contributed by atoms with E-state index in [2.05, 4.69) is 20.7 Å². The van der Waals surface area contributed by atoms with E-state index < -0.39 is 6.04 Å². The number of benzene rings is 1. The second-order valence-corrected chi connectivity index (χ2v) is 9.02. The number of rotatable bonds is 10. The van der Waals surface area contributed by atoms with Crippen LogP contribution in [0.5, 0.6) is 0 Å². The van der Waals surface area contributed by atoms with Crippen LogP contribution in [0.2, 0.25) is 0 Å². The van der Waals surface area contributed by atoms with Crippen molar-refractivity contribution in [3.05, 3.63) is 53.3 Å². The Morgan fingerprint density at radius 3 is 2.57 bits per heavy atom. The maximum Gasteiger partial charge on any atom is 0.247 e. The molecule has 35 heavy (non-hydrogen) atoms. The number of aryl methyl sites for hydroxylation is 2. The van der Waals surface area contributed by atoms with Crippen molar-refractivity contribution in [1.82, 2.24) is 30.4 Å². The van der Waals surface area contributed by atoms with E-state index in [9.17, 15) is 14.7 Å². The summed E-state index contributed by atoms with van der Waals surface area (Å²) in [6.45, 7) is 3.71. The van der Waals surface area contributed by atoms with Crippen molar-refractivity contribution in [1.29, 1.82) is 0 Å². The van der Waals surface area contributed by atoms with Crippen LogP contribution in [-0.2, 0) is 16.1 Å². The number of nitrogens with zero attached hydrogens (tertiary/aromatic N) is 5. The average Bonchev–Trinajstić information content (AvgIpc) is 3.60. The second kappa shape index (κ2) is 11.3. The largest absolute Gasteiger partial charge is 0.458 e. The van der Waals surface area contributed by atoms with Crippen molar-refractivity contribution in [3.63, 3.8) is 0 Å². The number of aromatic nitrogens is 4. The van der Waals surface area contributed by atoms with Gasteiger partial charge in [0.05, 0.1) is 0 Å². The minimum atomic E-state index is -0.828. The Hall–Kier alpha value is -3.53. The van der Waals surface area contributed by atoms with E-state index in [1.807, 2.05) is 38.1 Å². The summed E-state index contributed by atoms with van der Waals surface area (Å²) in [5, 5.41) is 24.9. The minimum Gasteiger partial charge on any atom is -0.458 e. The maximum atomic E-state index is 13.5. The SMILES string of the molecule is Cc1ccc([C@H](C(=O)NC2CCCC2)N(CCCO)C(=O)Cn2nnc(-c3ccc(C)o3)n2)cc1. The van der Waals surface area contributed by atoms with E-state index >= 15 is 0 Å². The Kier molecular flexibility index (Phi) is 7.91. The van der Waals surface area contributed by atoms with Crippen LogP contribution in [-0.4, -0.2) is 61.2 Å². The van der Waals surface area contributed by atoms with E-state index in [0.29, 0.717) is 12.2 Å². The first-order chi connectivity index (χ1) is 16.9. The first-order valence-electron chi connectivity index (χ1n) is 12.1. The molecule has 10 nitrogen and oxygen atoms in total. The van der Waals surface area contributed by atoms with E-state index in [1.54, 1.807) is 12.1 Å². The van der Waals surface area contributed by atoms with Crippen LogP contribution in [0.4, 0.5) is 0 Å². The van der Waals surface area contributed by atoms with Crippen molar-refractivity contribution >= 4 is 11.8 Å². The molecular weight excluding hydrogens is 448 g/mol. The molecule has 1 atom stereocenters. The Bertz CT molecular complexity index is 1130. The number of carbonyl (C=O) groups is 2. The van der Waals surface area contributed by atoms with Gasteiger partial charge in [-0.05, 0) is 56.0 Å². The van der Waals surface area contributed by atoms with Gasteiger partial charge >= 0.3 is 0 Å². The molecule has 186 valence electrons. The van der Waals surface area contributed by atoms with Crippen LogP contribution in [0.3, 0.4) is 0 Å². The lowest BCUT2D eigenvalue weighted by atomic mass is 10.0. The van der Waals surface area contributed by atoms with Gasteiger partial charge in [0.1, 0.15) is 18.3 Å². The molecule has 3 aromatic rings. The molecule has 2 aromatic heterocycles. The van der Waals surface area contributed by atoms with Gasteiger partial charge in [-0.3, -0.25) is 9.59 Å². The van der Waals surface area contributed by atoms with Gasteiger partial charge in [-0.1, -0.05) is 42.7 Å². The van der Waals surface area contributed by atoms with E-state index in [4.69, 9.17) is 4.42 Å². The summed E-state index contributed by atoms with van der Waals surface area (Å²) in [4.78, 5) is 29.7. The molecule has 0 spiro atoms. The van der Waals surface area contributed by atoms with E-state index in [1.165, 1.54) is 9.70 Å². The maximum absolute atomic E-state index is 13.5. The quantitative estimate of drug-likeness (QED) is 0.457. The number of carbonyl (C=O) groups excluding carboxylic acids is 2. The molecule has 1 aromatic carbocycles. The molecule has 2 heterocycles. The fraction of sp³-hybridized carbons (Fsp3) is 0.480. The van der Waals surface area contributed by atoms with Gasteiger partial charge in [0.2, 0.25) is 17.6 Å². The summed E-state index contributed by atoms with van der Waals surface area (Å²) in [6.07, 6.45) is 4.39. The molecule has 4 rings (SSSR count). The summed E-state index contributed by atoms with van der Waals surface area (Å²) in [5.74, 6) is 0.904. The number of aliphatic hydroxyl groups is 1. The van der Waals surface area contributed by atoms with Crippen LogP contribution < -0.4 is 5.32 Å². The normalized spacial score (nSPS) is 14.7. The van der Waals surface area contributed by atoms with E-state index in [0.717, 1.165) is 42.6 Å². The Morgan fingerprint density at radius 1 is 1.17 bits per heavy atom. The Balaban J connectivity index is 1.58. The Labute approximate surface area is 204 Å². The fourth-order valence-corrected chi connectivity index (χ4v) is 4.39. The third kappa shape index (κ3) is 6.13. The molecular formula is C25H32N6O4. The number of tetrazole rings is 1. The lowest BCUT2D eigenvalue weighted by Crippen LogP contribution is -2.47. The van der Waals surface area contributed by atoms with Crippen LogP contribution in [0.15, 0.2) is 40.8 Å². The predicted molar refractivity (Wildman–Crippen MR) is 128 cm³/mol. The number of furan rings is 1. The molecule has 2 amide bonds. The van der Waals surface area contributed by atoms with Gasteiger partial charge in [-0.15, -0.1) is 10.2 Å². The minimum absolute atomic E-state index is 0.0990. The van der Waals surface area contributed by atoms with Crippen molar-refractivity contribution in [3.8, 4) is 11.6 Å². The third-order valence-electron chi connectivity index (χ3n) is 6.22. The van der Waals surface area contributed by atoms with Gasteiger partial charge in [0.25, 0.3) is 0 Å². The van der Waals surface area contributed by atoms with Crippen LogP contribution in [0.1, 0.15) is 55.0 Å². The fourth-order valence-electron chi connectivity index (χ4n) is 4.39. The molecule has 10 heteroatoms. The average molecular weight is 481 g/mol. The molecule has 1 fully saturated rings. The number of aliphatic hydroxyl groups excluding tert-OH is 1. The molecule has 0 unspecified atom stereocenters. The Morgan fingerprint density at radius 2 is 1.91 bits per heavy atom. The van der Waals surface area contributed by atoms with Crippen LogP contribution in [0.25, 0.3) is 11.6 Å². The highest BCUT2D eigenvalue weighted by Gasteiger charge is 2.33. The van der Waals surface area contributed by atoms with Crippen LogP contribution in [0, 0.1) is 13.8 Å². The monoisotopic (exact) mass is 480 g/mol. The lowest BCUT2D eigenvalue weighted by molar-refractivity contribution is -0.142. The second-order valence-electron chi connectivity index (χ2n) is 9.02. The molecule has 1 aliphatic rings. The number of hydrogen-bond acceptors (Lipinski definition) is 7. The molecule has 0 radical (unpaired) electrons. The van der Waals surface area contributed by atoms with E-state index in [-0.39, 0.29) is 43.4 Å². The van der Waals surface area contributed by atoms with Crippen molar-refractivity contribution in [2.24, 2.45) is 0 Å². The first kappa shape index (κ1) is 24.6. The van der Waals surface area contributed by atoms with Gasteiger partial charge in [0.15, 0.2) is 5.76 Å². The highest BCUT2D eigenvalue weighted by molar-refractivity contribution is 5.89. The standard InChI is InChI=1S/C25H32N6O4/c1-17-8-11-19(12-9-17)23(25(34)26-20-6-3-4-7-20)30(14-5-15-32)22(33)16-31-28-24(27-29-31)21-13-10-18(2)35-21/h8-13,20,23,32H,3-7,14-16H2,1-2H3,(H,26,34)/t23-/m1/s1. The van der Waals surface area contributed by atoms with Crippen molar-refractivity contribution in [2.45, 2.75) is 64.6 Å². The molecule has 0 bridgehead atoms. The summed E-state index contributed by atoms with van der Waals surface area (Å²) in [5.41, 5.74) is 1.78. The summed E-state index contributed by atoms with van der Waals surface area (Å²) in [6, 6.07) is 10.4. The summed E-state index contributed by atoms with van der Waals surface area (Å²) in [7, 11) is 0. The van der Waals surface area contributed by atoms with Gasteiger partial charge < -0.3 is 19.7 Å². The topological polar surface area (TPSA) is 126 Å². The molecule has 0 saturated heterocycles. The number of nitrogens with one attached hydrogen (secondary N) is 1. The zero-order valence-electron chi connectivity index (χ0n) is 20.2. The van der Waals surface area contributed by atoms with Gasteiger partial charge in [0, 0.05) is 19.2 Å². The zero-order chi connectivity index (χ0) is 24.8. The highest BCUT2D eigenvalue weighted by Crippen LogP contribution is 2.25. The molecule has 2 N–H and O–H groups in total. The van der Waals surface area contributed by atoms with Crippen molar-refractivity contribution in [2.75, 3.05) is 13.2 Å². The number of amides is 2. The summed E-state index contributed by atoms with van der Waals surface area (Å²) >= 11 is 0. The molecule has 0 aliphatic heterocycles. The zero-order valence-corrected chi connectivity index (χ0v) is 20.2. The number of hydrogen-bond donors (Lipinski definition) is 2. The first-order valence-corrected chi connectivity index (χ1v) is 12.1. The lowest BCUT2D eigenvalue weighted by Gasteiger charge is -2.32. The smallest absolute Gasteiger partial charge is 0.247 e.